The smallest absolute Gasteiger partial charge is 0.410 e. The second kappa shape index (κ2) is 4.91. The highest BCUT2D eigenvalue weighted by Gasteiger charge is 2.42. The molecule has 0 saturated carbocycles. The van der Waals surface area contributed by atoms with Crippen molar-refractivity contribution in [1.29, 1.82) is 0 Å². The Bertz CT molecular complexity index is 309. The van der Waals surface area contributed by atoms with Gasteiger partial charge < -0.3 is 19.8 Å². The Morgan fingerprint density at radius 1 is 1.41 bits per heavy atom. The second-order valence-corrected chi connectivity index (χ2v) is 5.16. The summed E-state index contributed by atoms with van der Waals surface area (Å²) in [4.78, 5) is 24.0. The molecule has 1 saturated heterocycles. The third-order valence-corrected chi connectivity index (χ3v) is 2.68. The van der Waals surface area contributed by atoms with Gasteiger partial charge in [-0.3, -0.25) is 4.79 Å². The average Bonchev–Trinajstić information content (AvgIpc) is 2.57. The van der Waals surface area contributed by atoms with Gasteiger partial charge in [0.1, 0.15) is 5.60 Å². The molecule has 0 radical (unpaired) electrons. The minimum Gasteiger partial charge on any atom is -0.481 e. The van der Waals surface area contributed by atoms with Gasteiger partial charge in [0.25, 0.3) is 0 Å². The van der Waals surface area contributed by atoms with Gasteiger partial charge in [-0.15, -0.1) is 0 Å². The summed E-state index contributed by atoms with van der Waals surface area (Å²) in [6.07, 6.45) is -0.222. The molecular formula is C11H19NO5. The maximum absolute atomic E-state index is 11.8. The zero-order valence-electron chi connectivity index (χ0n) is 10.3. The van der Waals surface area contributed by atoms with Crippen molar-refractivity contribution >= 4 is 12.1 Å². The summed E-state index contributed by atoms with van der Waals surface area (Å²) in [6.45, 7) is 5.16. The number of hydrogen-bond donors (Lipinski definition) is 2. The minimum absolute atomic E-state index is 0.303. The van der Waals surface area contributed by atoms with E-state index < -0.39 is 29.6 Å². The Labute approximate surface area is 100 Å². The van der Waals surface area contributed by atoms with E-state index in [4.69, 9.17) is 9.84 Å². The number of amides is 1. The number of carboxylic acid groups (broad SMARTS) is 1. The van der Waals surface area contributed by atoms with Crippen molar-refractivity contribution in [3.05, 3.63) is 0 Å². The molecule has 1 aliphatic heterocycles. The Hall–Kier alpha value is -1.30. The Morgan fingerprint density at radius 2 is 2.00 bits per heavy atom. The lowest BCUT2D eigenvalue weighted by Gasteiger charge is -2.28. The normalized spacial score (nSPS) is 24.8. The number of nitrogens with zero attached hydrogens (tertiary/aromatic N) is 1. The van der Waals surface area contributed by atoms with Crippen LogP contribution in [0.25, 0.3) is 0 Å². The van der Waals surface area contributed by atoms with Crippen LogP contribution >= 0.6 is 0 Å². The number of aliphatic hydroxyl groups excluding tert-OH is 1. The van der Waals surface area contributed by atoms with E-state index in [1.54, 1.807) is 20.8 Å². The van der Waals surface area contributed by atoms with Gasteiger partial charge in [0, 0.05) is 6.54 Å². The average molecular weight is 245 g/mol. The van der Waals surface area contributed by atoms with E-state index >= 15 is 0 Å². The molecule has 0 aliphatic carbocycles. The predicted octanol–water partition coefficient (Wildman–Crippen LogP) is 0.689. The SMILES string of the molecule is CC(C)(C)OC(=O)N1CCC(C(=O)O)C1CO. The number of carbonyl (C=O) groups is 2. The van der Waals surface area contributed by atoms with Crippen LogP contribution in [0.5, 0.6) is 0 Å². The molecule has 1 amide bonds. The van der Waals surface area contributed by atoms with E-state index in [0.717, 1.165) is 0 Å². The zero-order valence-corrected chi connectivity index (χ0v) is 10.3. The Morgan fingerprint density at radius 3 is 2.41 bits per heavy atom. The van der Waals surface area contributed by atoms with Crippen LogP contribution in [0.2, 0.25) is 0 Å². The van der Waals surface area contributed by atoms with Crippen molar-refractivity contribution in [2.75, 3.05) is 13.2 Å². The molecule has 0 spiro atoms. The summed E-state index contributed by atoms with van der Waals surface area (Å²) in [5.41, 5.74) is -0.627. The maximum atomic E-state index is 11.8. The first-order valence-corrected chi connectivity index (χ1v) is 5.59. The van der Waals surface area contributed by atoms with E-state index in [0.29, 0.717) is 13.0 Å². The molecule has 6 heteroatoms. The first-order chi connectivity index (χ1) is 7.76. The van der Waals surface area contributed by atoms with Crippen LogP contribution in [0.15, 0.2) is 0 Å². The summed E-state index contributed by atoms with van der Waals surface area (Å²) in [7, 11) is 0. The molecular weight excluding hydrogens is 226 g/mol. The Balaban J connectivity index is 2.72. The lowest BCUT2D eigenvalue weighted by Crippen LogP contribution is -2.44. The van der Waals surface area contributed by atoms with E-state index in [1.165, 1.54) is 4.90 Å². The molecule has 1 rings (SSSR count). The number of likely N-dealkylation sites (tertiary alicyclic amines) is 1. The quantitative estimate of drug-likeness (QED) is 0.747. The van der Waals surface area contributed by atoms with Crippen molar-refractivity contribution in [3.63, 3.8) is 0 Å². The number of hydrogen-bond acceptors (Lipinski definition) is 4. The van der Waals surface area contributed by atoms with Crippen molar-refractivity contribution in [2.24, 2.45) is 5.92 Å². The van der Waals surface area contributed by atoms with Crippen molar-refractivity contribution in [2.45, 2.75) is 38.8 Å². The highest BCUT2D eigenvalue weighted by molar-refractivity contribution is 5.75. The summed E-state index contributed by atoms with van der Waals surface area (Å²) < 4.78 is 5.16. The van der Waals surface area contributed by atoms with Gasteiger partial charge in [0.05, 0.1) is 18.6 Å². The summed E-state index contributed by atoms with van der Waals surface area (Å²) in [5, 5.41) is 18.1. The van der Waals surface area contributed by atoms with Crippen LogP contribution in [-0.4, -0.2) is 52.0 Å². The van der Waals surface area contributed by atoms with E-state index in [2.05, 4.69) is 0 Å². The van der Waals surface area contributed by atoms with Gasteiger partial charge in [-0.05, 0) is 27.2 Å². The number of ether oxygens (including phenoxy) is 1. The van der Waals surface area contributed by atoms with Crippen molar-refractivity contribution in [3.8, 4) is 0 Å². The molecule has 0 aromatic rings. The van der Waals surface area contributed by atoms with Gasteiger partial charge in [-0.25, -0.2) is 4.79 Å². The molecule has 2 N–H and O–H groups in total. The third kappa shape index (κ3) is 3.33. The first-order valence-electron chi connectivity index (χ1n) is 5.59. The fourth-order valence-electron chi connectivity index (χ4n) is 1.91. The molecule has 1 heterocycles. The largest absolute Gasteiger partial charge is 0.481 e. The minimum atomic E-state index is -0.991. The van der Waals surface area contributed by atoms with E-state index in [-0.39, 0.29) is 6.61 Å². The third-order valence-electron chi connectivity index (χ3n) is 2.68. The molecule has 6 nitrogen and oxygen atoms in total. The molecule has 1 fully saturated rings. The highest BCUT2D eigenvalue weighted by Crippen LogP contribution is 2.26. The number of rotatable bonds is 2. The zero-order chi connectivity index (χ0) is 13.2. The topological polar surface area (TPSA) is 87.1 Å². The van der Waals surface area contributed by atoms with E-state index in [9.17, 15) is 14.7 Å². The van der Waals surface area contributed by atoms with Gasteiger partial charge in [-0.2, -0.15) is 0 Å². The lowest BCUT2D eigenvalue weighted by molar-refractivity contribution is -0.142. The number of aliphatic carboxylic acids is 1. The molecule has 2 unspecified atom stereocenters. The van der Waals surface area contributed by atoms with Crippen LogP contribution in [-0.2, 0) is 9.53 Å². The predicted molar refractivity (Wildman–Crippen MR) is 59.6 cm³/mol. The van der Waals surface area contributed by atoms with Crippen LogP contribution in [0.1, 0.15) is 27.2 Å². The highest BCUT2D eigenvalue weighted by atomic mass is 16.6. The van der Waals surface area contributed by atoms with Crippen LogP contribution in [0.4, 0.5) is 4.79 Å². The molecule has 17 heavy (non-hydrogen) atoms. The molecule has 1 aliphatic rings. The molecule has 2 atom stereocenters. The van der Waals surface area contributed by atoms with Gasteiger partial charge in [-0.1, -0.05) is 0 Å². The standard InChI is InChI=1S/C11H19NO5/c1-11(2,3)17-10(16)12-5-4-7(9(14)15)8(12)6-13/h7-8,13H,4-6H2,1-3H3,(H,14,15). The van der Waals surface area contributed by atoms with E-state index in [1.807, 2.05) is 0 Å². The van der Waals surface area contributed by atoms with Crippen LogP contribution in [0, 0.1) is 5.92 Å². The maximum Gasteiger partial charge on any atom is 0.410 e. The van der Waals surface area contributed by atoms with Gasteiger partial charge in [0.2, 0.25) is 0 Å². The lowest BCUT2D eigenvalue weighted by atomic mass is 10.0. The number of aliphatic hydroxyl groups is 1. The Kier molecular flexibility index (Phi) is 3.98. The number of carboxylic acids is 1. The monoisotopic (exact) mass is 245 g/mol. The summed E-state index contributed by atoms with van der Waals surface area (Å²) >= 11 is 0. The van der Waals surface area contributed by atoms with Gasteiger partial charge in [0.15, 0.2) is 0 Å². The van der Waals surface area contributed by atoms with Crippen LogP contribution in [0.3, 0.4) is 0 Å². The summed E-state index contributed by atoms with van der Waals surface area (Å²) in [6, 6.07) is -0.692. The van der Waals surface area contributed by atoms with Gasteiger partial charge >= 0.3 is 12.1 Å². The molecule has 0 aromatic carbocycles. The fourth-order valence-corrected chi connectivity index (χ4v) is 1.91. The first kappa shape index (κ1) is 13.8. The van der Waals surface area contributed by atoms with Crippen molar-refractivity contribution < 1.29 is 24.5 Å². The summed E-state index contributed by atoms with van der Waals surface area (Å²) in [5.74, 6) is -1.71. The van der Waals surface area contributed by atoms with Crippen molar-refractivity contribution in [1.82, 2.24) is 4.90 Å². The fraction of sp³-hybridized carbons (Fsp3) is 0.818. The van der Waals surface area contributed by atoms with Crippen LogP contribution < -0.4 is 0 Å². The molecule has 0 bridgehead atoms. The molecule has 0 aromatic heterocycles. The number of carbonyl (C=O) groups excluding carboxylic acids is 1. The second-order valence-electron chi connectivity index (χ2n) is 5.16. The molecule has 98 valence electrons.